The van der Waals surface area contributed by atoms with E-state index in [1.54, 1.807) is 38.6 Å². The Morgan fingerprint density at radius 2 is 1.84 bits per heavy atom. The van der Waals surface area contributed by atoms with Crippen LogP contribution in [0, 0.1) is 11.3 Å². The molecule has 31 heavy (non-hydrogen) atoms. The normalized spacial score (nSPS) is 11.0. The van der Waals surface area contributed by atoms with E-state index in [0.717, 1.165) is 10.2 Å². The molecule has 0 bridgehead atoms. The second kappa shape index (κ2) is 10.6. The van der Waals surface area contributed by atoms with Gasteiger partial charge in [-0.2, -0.15) is 5.26 Å². The molecule has 10 heteroatoms. The Bertz CT molecular complexity index is 1100. The lowest BCUT2D eigenvalue weighted by atomic mass is 9.97. The van der Waals surface area contributed by atoms with Crippen molar-refractivity contribution in [1.29, 1.82) is 5.26 Å². The highest BCUT2D eigenvalue weighted by molar-refractivity contribution is 9.10. The Kier molecular flexibility index (Phi) is 7.59. The zero-order chi connectivity index (χ0) is 22.2. The van der Waals surface area contributed by atoms with Crippen molar-refractivity contribution in [2.24, 2.45) is 0 Å². The molecule has 1 unspecified atom stereocenters. The first-order chi connectivity index (χ1) is 15.0. The van der Waals surface area contributed by atoms with Gasteiger partial charge >= 0.3 is 0 Å². The first-order valence-electron chi connectivity index (χ1n) is 9.06. The molecule has 0 aliphatic rings. The molecule has 0 spiro atoms. The lowest BCUT2D eigenvalue weighted by Crippen LogP contribution is -2.33. The number of halogens is 1. The summed E-state index contributed by atoms with van der Waals surface area (Å²) in [5.41, 5.74) is 7.78. The van der Waals surface area contributed by atoms with Crippen molar-refractivity contribution in [3.8, 4) is 17.6 Å². The summed E-state index contributed by atoms with van der Waals surface area (Å²) in [4.78, 5) is 8.67. The van der Waals surface area contributed by atoms with E-state index in [9.17, 15) is 5.26 Å². The quantitative estimate of drug-likeness (QED) is 0.326. The molecule has 1 aromatic heterocycles. The fourth-order valence-corrected chi connectivity index (χ4v) is 3.17. The molecule has 0 saturated carbocycles. The van der Waals surface area contributed by atoms with Crippen LogP contribution in [0.15, 0.2) is 59.3 Å². The van der Waals surface area contributed by atoms with Gasteiger partial charge in [-0.15, -0.1) is 0 Å². The van der Waals surface area contributed by atoms with E-state index in [1.165, 1.54) is 6.20 Å². The number of benzene rings is 2. The molecule has 3 rings (SSSR count). The van der Waals surface area contributed by atoms with E-state index in [4.69, 9.17) is 21.7 Å². The number of methoxy groups -OCH3 is 2. The molecule has 0 radical (unpaired) electrons. The maximum absolute atomic E-state index is 9.76. The van der Waals surface area contributed by atoms with E-state index in [0.29, 0.717) is 33.7 Å². The Hall–Kier alpha value is -3.42. The molecule has 0 fully saturated rings. The number of aromatic nitrogens is 2. The van der Waals surface area contributed by atoms with Gasteiger partial charge in [-0.3, -0.25) is 15.8 Å². The number of hydrogen-bond acceptors (Lipinski definition) is 7. The summed E-state index contributed by atoms with van der Waals surface area (Å²) < 4.78 is 11.6. The monoisotopic (exact) mass is 498 g/mol. The minimum atomic E-state index is -0.637. The molecule has 2 aromatic carbocycles. The van der Waals surface area contributed by atoms with Crippen LogP contribution in [0.25, 0.3) is 0 Å². The van der Waals surface area contributed by atoms with Crippen LogP contribution in [0.1, 0.15) is 17.2 Å². The number of thiocarbonyl (C=S) groups is 1. The molecule has 0 aliphatic carbocycles. The SMILES string of the molecule is COc1ccc(C(C#N)c2cncc(NNC(=S)Nc3ccc(Br)cc3)n2)cc1OC. The van der Waals surface area contributed by atoms with Crippen LogP contribution in [-0.4, -0.2) is 29.3 Å². The number of nitrogens with zero attached hydrogens (tertiary/aromatic N) is 3. The number of rotatable bonds is 7. The lowest BCUT2D eigenvalue weighted by Gasteiger charge is -2.15. The van der Waals surface area contributed by atoms with Crippen molar-refractivity contribution < 1.29 is 9.47 Å². The van der Waals surface area contributed by atoms with Crippen LogP contribution in [0.5, 0.6) is 11.5 Å². The van der Waals surface area contributed by atoms with E-state index in [-0.39, 0.29) is 0 Å². The predicted octanol–water partition coefficient (Wildman–Crippen LogP) is 4.23. The number of anilines is 2. The molecule has 8 nitrogen and oxygen atoms in total. The van der Waals surface area contributed by atoms with Gasteiger partial charge in [0.05, 0.1) is 38.4 Å². The van der Waals surface area contributed by atoms with Crippen LogP contribution < -0.4 is 25.6 Å². The predicted molar refractivity (Wildman–Crippen MR) is 126 cm³/mol. The lowest BCUT2D eigenvalue weighted by molar-refractivity contribution is 0.354. The highest BCUT2D eigenvalue weighted by Gasteiger charge is 2.18. The highest BCUT2D eigenvalue weighted by atomic mass is 79.9. The fraction of sp³-hybridized carbons (Fsp3) is 0.143. The van der Waals surface area contributed by atoms with Crippen molar-refractivity contribution in [2.75, 3.05) is 25.0 Å². The smallest absolute Gasteiger partial charge is 0.189 e. The topological polar surface area (TPSA) is 104 Å². The standard InChI is InChI=1S/C21H19BrN6O2S/c1-29-18-8-3-13(9-19(18)30-2)16(10-23)17-11-24-12-20(26-17)27-28-21(31)25-15-6-4-14(22)5-7-15/h3-9,11-12,16H,1-2H3,(H,26,27)(H2,25,28,31). The maximum Gasteiger partial charge on any atom is 0.189 e. The minimum absolute atomic E-state index is 0.353. The summed E-state index contributed by atoms with van der Waals surface area (Å²) in [5.74, 6) is 0.897. The molecule has 0 saturated heterocycles. The van der Waals surface area contributed by atoms with Gasteiger partial charge in [0.1, 0.15) is 5.92 Å². The molecule has 1 atom stereocenters. The first kappa shape index (κ1) is 22.3. The summed E-state index contributed by atoms with van der Waals surface area (Å²) in [7, 11) is 3.10. The molecule has 3 N–H and O–H groups in total. The first-order valence-corrected chi connectivity index (χ1v) is 10.3. The van der Waals surface area contributed by atoms with Gasteiger partial charge in [0.15, 0.2) is 22.4 Å². The van der Waals surface area contributed by atoms with E-state index >= 15 is 0 Å². The summed E-state index contributed by atoms with van der Waals surface area (Å²) in [6, 6.07) is 15.2. The third-order valence-electron chi connectivity index (χ3n) is 4.23. The Balaban J connectivity index is 1.70. The van der Waals surface area contributed by atoms with Crippen molar-refractivity contribution in [1.82, 2.24) is 15.4 Å². The largest absolute Gasteiger partial charge is 0.493 e. The maximum atomic E-state index is 9.76. The van der Waals surface area contributed by atoms with Crippen LogP contribution in [0.4, 0.5) is 11.5 Å². The average Bonchev–Trinajstić information content (AvgIpc) is 2.80. The molecular formula is C21H19BrN6O2S. The third kappa shape index (κ3) is 5.81. The Morgan fingerprint density at radius 3 is 2.52 bits per heavy atom. The minimum Gasteiger partial charge on any atom is -0.493 e. The van der Waals surface area contributed by atoms with E-state index in [2.05, 4.69) is 48.1 Å². The van der Waals surface area contributed by atoms with Gasteiger partial charge in [0.25, 0.3) is 0 Å². The number of nitriles is 1. The highest BCUT2D eigenvalue weighted by Crippen LogP contribution is 2.32. The van der Waals surface area contributed by atoms with Crippen molar-refractivity contribution in [3.05, 3.63) is 70.6 Å². The number of hydrazine groups is 1. The molecular weight excluding hydrogens is 480 g/mol. The molecule has 3 aromatic rings. The van der Waals surface area contributed by atoms with Crippen molar-refractivity contribution in [3.63, 3.8) is 0 Å². The van der Waals surface area contributed by atoms with Crippen molar-refractivity contribution in [2.45, 2.75) is 5.92 Å². The van der Waals surface area contributed by atoms with Crippen molar-refractivity contribution >= 4 is 44.8 Å². The zero-order valence-electron chi connectivity index (χ0n) is 16.7. The van der Waals surface area contributed by atoms with Gasteiger partial charge < -0.3 is 14.8 Å². The summed E-state index contributed by atoms with van der Waals surface area (Å²) in [6.07, 6.45) is 3.08. The number of nitrogens with one attached hydrogen (secondary N) is 3. The Labute approximate surface area is 193 Å². The molecule has 0 amide bonds. The van der Waals surface area contributed by atoms with E-state index in [1.807, 2.05) is 24.3 Å². The number of ether oxygens (including phenoxy) is 2. The summed E-state index contributed by atoms with van der Waals surface area (Å²) >= 11 is 8.67. The Morgan fingerprint density at radius 1 is 1.10 bits per heavy atom. The molecule has 1 heterocycles. The van der Waals surface area contributed by atoms with Crippen LogP contribution in [0.2, 0.25) is 0 Å². The van der Waals surface area contributed by atoms with Gasteiger partial charge in [-0.1, -0.05) is 22.0 Å². The average molecular weight is 499 g/mol. The van der Waals surface area contributed by atoms with Gasteiger partial charge in [0.2, 0.25) is 0 Å². The fourth-order valence-electron chi connectivity index (χ4n) is 2.74. The zero-order valence-corrected chi connectivity index (χ0v) is 19.1. The van der Waals surface area contributed by atoms with Crippen LogP contribution >= 0.6 is 28.1 Å². The summed E-state index contributed by atoms with van der Waals surface area (Å²) in [5, 5.41) is 13.2. The second-order valence-corrected chi connectivity index (χ2v) is 7.54. The van der Waals surface area contributed by atoms with Crippen LogP contribution in [0.3, 0.4) is 0 Å². The van der Waals surface area contributed by atoms with Crippen LogP contribution in [-0.2, 0) is 0 Å². The molecule has 0 aliphatic heterocycles. The molecule has 158 valence electrons. The van der Waals surface area contributed by atoms with Gasteiger partial charge in [-0.05, 0) is 54.2 Å². The summed E-state index contributed by atoms with van der Waals surface area (Å²) in [6.45, 7) is 0. The number of hydrogen-bond donors (Lipinski definition) is 3. The second-order valence-electron chi connectivity index (χ2n) is 6.22. The third-order valence-corrected chi connectivity index (χ3v) is 4.96. The van der Waals surface area contributed by atoms with E-state index < -0.39 is 5.92 Å². The van der Waals surface area contributed by atoms with Gasteiger partial charge in [-0.25, -0.2) is 4.98 Å². The van der Waals surface area contributed by atoms with Gasteiger partial charge in [0, 0.05) is 10.2 Å².